The van der Waals surface area contributed by atoms with Crippen LogP contribution < -0.4 is 5.32 Å². The van der Waals surface area contributed by atoms with Crippen molar-refractivity contribution in [2.24, 2.45) is 0 Å². The number of anilines is 1. The van der Waals surface area contributed by atoms with E-state index in [1.165, 1.54) is 10.5 Å². The van der Waals surface area contributed by atoms with E-state index in [4.69, 9.17) is 0 Å². The summed E-state index contributed by atoms with van der Waals surface area (Å²) < 4.78 is 1.74. The normalized spacial score (nSPS) is 12.9. The molecule has 4 rings (SSSR count). The Balaban J connectivity index is 1.30. The lowest BCUT2D eigenvalue weighted by Crippen LogP contribution is -2.31. The van der Waals surface area contributed by atoms with E-state index in [2.05, 4.69) is 41.6 Å². The van der Waals surface area contributed by atoms with Gasteiger partial charge in [-0.25, -0.2) is 4.68 Å². The summed E-state index contributed by atoms with van der Waals surface area (Å²) in [4.78, 5) is 38.7. The van der Waals surface area contributed by atoms with Gasteiger partial charge in [0.15, 0.2) is 0 Å². The number of carbonyl (C=O) groups excluding carboxylic acids is 3. The Morgan fingerprint density at radius 2 is 1.69 bits per heavy atom. The minimum Gasteiger partial charge on any atom is -0.311 e. The third kappa shape index (κ3) is 4.46. The lowest BCUT2D eigenvalue weighted by Gasteiger charge is -2.14. The Labute approximate surface area is 187 Å². The van der Waals surface area contributed by atoms with Gasteiger partial charge in [0, 0.05) is 19.0 Å². The van der Waals surface area contributed by atoms with E-state index >= 15 is 0 Å². The molecule has 7 nitrogen and oxygen atoms in total. The van der Waals surface area contributed by atoms with E-state index in [-0.39, 0.29) is 30.7 Å². The Kier molecular flexibility index (Phi) is 6.16. The summed E-state index contributed by atoms with van der Waals surface area (Å²) in [6.07, 6.45) is 3.23. The summed E-state index contributed by atoms with van der Waals surface area (Å²) in [6.45, 7) is 4.77. The molecule has 0 unspecified atom stereocenters. The van der Waals surface area contributed by atoms with Gasteiger partial charge in [0.25, 0.3) is 11.8 Å². The third-order valence-corrected chi connectivity index (χ3v) is 5.66. The van der Waals surface area contributed by atoms with Crippen LogP contribution in [0.5, 0.6) is 0 Å². The van der Waals surface area contributed by atoms with Crippen molar-refractivity contribution < 1.29 is 14.4 Å². The van der Waals surface area contributed by atoms with Crippen LogP contribution in [0, 0.1) is 6.92 Å². The molecule has 32 heavy (non-hydrogen) atoms. The molecule has 0 spiro atoms. The number of rotatable bonds is 8. The van der Waals surface area contributed by atoms with Crippen LogP contribution in [0.2, 0.25) is 0 Å². The maximum Gasteiger partial charge on any atom is 0.261 e. The molecule has 0 saturated carbocycles. The van der Waals surface area contributed by atoms with E-state index in [1.54, 1.807) is 29.1 Å². The topological polar surface area (TPSA) is 84.3 Å². The third-order valence-electron chi connectivity index (χ3n) is 5.66. The van der Waals surface area contributed by atoms with Gasteiger partial charge in [-0.2, -0.15) is 5.10 Å². The molecule has 1 N–H and O–H groups in total. The standard InChI is InChI=1S/C25H26N4O3/c1-3-18-7-9-19(10-8-18)16-29-22(12-13-26-29)27-23(30)5-4-14-28-24(31)20-11-6-17(2)15-21(20)25(28)32/h6-13,15H,3-5,14,16H2,1-2H3,(H,27,30). The minimum absolute atomic E-state index is 0.180. The van der Waals surface area contributed by atoms with Gasteiger partial charge in [-0.15, -0.1) is 0 Å². The second kappa shape index (κ2) is 9.18. The average molecular weight is 431 g/mol. The molecule has 0 saturated heterocycles. The quantitative estimate of drug-likeness (QED) is 0.551. The lowest BCUT2D eigenvalue weighted by molar-refractivity contribution is -0.116. The highest BCUT2D eigenvalue weighted by Gasteiger charge is 2.34. The predicted molar refractivity (Wildman–Crippen MR) is 122 cm³/mol. The molecule has 7 heteroatoms. The Bertz CT molecular complexity index is 1160. The van der Waals surface area contributed by atoms with Crippen LogP contribution in [0.25, 0.3) is 0 Å². The second-order valence-electron chi connectivity index (χ2n) is 8.01. The molecular weight excluding hydrogens is 404 g/mol. The zero-order valence-electron chi connectivity index (χ0n) is 18.3. The van der Waals surface area contributed by atoms with E-state index in [0.717, 1.165) is 17.5 Å². The number of benzene rings is 2. The Hall–Kier alpha value is -3.74. The molecule has 0 fully saturated rings. The summed E-state index contributed by atoms with van der Waals surface area (Å²) in [7, 11) is 0. The number of nitrogens with zero attached hydrogens (tertiary/aromatic N) is 3. The predicted octanol–water partition coefficient (Wildman–Crippen LogP) is 3.82. The van der Waals surface area contributed by atoms with E-state index in [9.17, 15) is 14.4 Å². The molecule has 2 aromatic carbocycles. The van der Waals surface area contributed by atoms with Crippen molar-refractivity contribution in [2.75, 3.05) is 11.9 Å². The van der Waals surface area contributed by atoms with Crippen LogP contribution in [-0.4, -0.2) is 38.9 Å². The van der Waals surface area contributed by atoms with Gasteiger partial charge in [-0.3, -0.25) is 19.3 Å². The van der Waals surface area contributed by atoms with Crippen LogP contribution in [0.1, 0.15) is 57.2 Å². The fraction of sp³-hybridized carbons (Fsp3) is 0.280. The number of hydrogen-bond acceptors (Lipinski definition) is 4. The fourth-order valence-electron chi connectivity index (χ4n) is 3.83. The van der Waals surface area contributed by atoms with Crippen molar-refractivity contribution in [2.45, 2.75) is 39.7 Å². The van der Waals surface area contributed by atoms with Gasteiger partial charge < -0.3 is 5.32 Å². The zero-order chi connectivity index (χ0) is 22.7. The van der Waals surface area contributed by atoms with Crippen LogP contribution in [0.3, 0.4) is 0 Å². The maximum absolute atomic E-state index is 12.5. The summed E-state index contributed by atoms with van der Waals surface area (Å²) in [5.74, 6) is -0.148. The van der Waals surface area contributed by atoms with Gasteiger partial charge in [0.05, 0.1) is 23.9 Å². The molecule has 2 heterocycles. The maximum atomic E-state index is 12.5. The summed E-state index contributed by atoms with van der Waals surface area (Å²) >= 11 is 0. The first-order valence-corrected chi connectivity index (χ1v) is 10.8. The number of hydrogen-bond donors (Lipinski definition) is 1. The molecule has 1 aliphatic rings. The minimum atomic E-state index is -0.294. The molecule has 1 aliphatic heterocycles. The average Bonchev–Trinajstić information content (AvgIpc) is 3.31. The highest BCUT2D eigenvalue weighted by atomic mass is 16.2. The Morgan fingerprint density at radius 1 is 0.969 bits per heavy atom. The highest BCUT2D eigenvalue weighted by Crippen LogP contribution is 2.24. The second-order valence-corrected chi connectivity index (χ2v) is 8.01. The fourth-order valence-corrected chi connectivity index (χ4v) is 3.83. The molecular formula is C25H26N4O3. The monoisotopic (exact) mass is 430 g/mol. The summed E-state index contributed by atoms with van der Waals surface area (Å²) in [6, 6.07) is 15.3. The van der Waals surface area contributed by atoms with Crippen molar-refractivity contribution in [3.8, 4) is 0 Å². The first-order valence-electron chi connectivity index (χ1n) is 10.8. The molecule has 0 bridgehead atoms. The van der Waals surface area contributed by atoms with E-state index < -0.39 is 0 Å². The molecule has 3 aromatic rings. The van der Waals surface area contributed by atoms with Crippen molar-refractivity contribution in [3.05, 3.63) is 82.5 Å². The van der Waals surface area contributed by atoms with Crippen LogP contribution in [-0.2, 0) is 17.8 Å². The van der Waals surface area contributed by atoms with E-state index in [1.807, 2.05) is 13.0 Å². The number of nitrogens with one attached hydrogen (secondary N) is 1. The molecule has 0 atom stereocenters. The Morgan fingerprint density at radius 3 is 2.44 bits per heavy atom. The number of aromatic nitrogens is 2. The van der Waals surface area contributed by atoms with Crippen LogP contribution >= 0.6 is 0 Å². The number of aryl methyl sites for hydroxylation is 2. The van der Waals surface area contributed by atoms with Crippen molar-refractivity contribution in [1.29, 1.82) is 0 Å². The molecule has 3 amide bonds. The van der Waals surface area contributed by atoms with Crippen molar-refractivity contribution in [1.82, 2.24) is 14.7 Å². The first kappa shape index (κ1) is 21.5. The number of carbonyl (C=O) groups is 3. The van der Waals surface area contributed by atoms with Crippen molar-refractivity contribution >= 4 is 23.5 Å². The molecule has 0 radical (unpaired) electrons. The molecule has 1 aromatic heterocycles. The van der Waals surface area contributed by atoms with Gasteiger partial charge in [0.1, 0.15) is 5.82 Å². The number of fused-ring (bicyclic) bond motifs is 1. The first-order chi connectivity index (χ1) is 15.5. The highest BCUT2D eigenvalue weighted by molar-refractivity contribution is 6.21. The SMILES string of the molecule is CCc1ccc(Cn2nccc2NC(=O)CCCN2C(=O)c3ccc(C)cc3C2=O)cc1. The molecule has 164 valence electrons. The van der Waals surface area contributed by atoms with Gasteiger partial charge in [0.2, 0.25) is 5.91 Å². The number of amides is 3. The summed E-state index contributed by atoms with van der Waals surface area (Å²) in [5, 5.41) is 7.18. The van der Waals surface area contributed by atoms with Crippen molar-refractivity contribution in [3.63, 3.8) is 0 Å². The lowest BCUT2D eigenvalue weighted by atomic mass is 10.1. The van der Waals surface area contributed by atoms with Gasteiger partial charge >= 0.3 is 0 Å². The van der Waals surface area contributed by atoms with Gasteiger partial charge in [-0.05, 0) is 43.0 Å². The van der Waals surface area contributed by atoms with E-state index in [0.29, 0.717) is 29.9 Å². The van der Waals surface area contributed by atoms with Crippen LogP contribution in [0.4, 0.5) is 5.82 Å². The summed E-state index contributed by atoms with van der Waals surface area (Å²) in [5.41, 5.74) is 4.18. The van der Waals surface area contributed by atoms with Crippen LogP contribution in [0.15, 0.2) is 54.7 Å². The zero-order valence-corrected chi connectivity index (χ0v) is 18.3. The largest absolute Gasteiger partial charge is 0.311 e. The van der Waals surface area contributed by atoms with Gasteiger partial charge in [-0.1, -0.05) is 42.8 Å². The number of imide groups is 1. The smallest absolute Gasteiger partial charge is 0.261 e. The molecule has 0 aliphatic carbocycles.